The third-order valence-corrected chi connectivity index (χ3v) is 7.19. The molecule has 1 fully saturated rings. The Morgan fingerprint density at radius 2 is 1.86 bits per heavy atom. The summed E-state index contributed by atoms with van der Waals surface area (Å²) in [6, 6.07) is 15.6. The average Bonchev–Trinajstić information content (AvgIpc) is 3.61. The van der Waals surface area contributed by atoms with Gasteiger partial charge in [-0.1, -0.05) is 31.2 Å². The van der Waals surface area contributed by atoms with Crippen LogP contribution in [0.4, 0.5) is 5.69 Å². The summed E-state index contributed by atoms with van der Waals surface area (Å²) in [5.41, 5.74) is 6.06. The Balaban J connectivity index is 1.44. The van der Waals surface area contributed by atoms with Crippen molar-refractivity contribution in [2.75, 3.05) is 11.9 Å². The first-order chi connectivity index (χ1) is 18.0. The minimum atomic E-state index is -0.160. The lowest BCUT2D eigenvalue weighted by molar-refractivity contribution is -0.116. The maximum atomic E-state index is 13.0. The van der Waals surface area contributed by atoms with Crippen molar-refractivity contribution in [3.63, 3.8) is 0 Å². The fourth-order valence-corrected chi connectivity index (χ4v) is 5.43. The van der Waals surface area contributed by atoms with Gasteiger partial charge in [0.25, 0.3) is 0 Å². The van der Waals surface area contributed by atoms with Crippen molar-refractivity contribution in [1.29, 1.82) is 0 Å². The molecule has 1 aliphatic rings. The van der Waals surface area contributed by atoms with E-state index in [1.807, 2.05) is 47.1 Å². The van der Waals surface area contributed by atoms with E-state index in [9.17, 15) is 4.79 Å². The zero-order valence-electron chi connectivity index (χ0n) is 21.1. The maximum absolute atomic E-state index is 13.0. The first-order valence-electron chi connectivity index (χ1n) is 12.4. The number of anilines is 1. The van der Waals surface area contributed by atoms with E-state index >= 15 is 0 Å². The van der Waals surface area contributed by atoms with Crippen LogP contribution in [-0.4, -0.2) is 47.0 Å². The van der Waals surface area contributed by atoms with Gasteiger partial charge in [0.1, 0.15) is 12.7 Å². The number of benzene rings is 1. The lowest BCUT2D eigenvalue weighted by Crippen LogP contribution is -2.33. The van der Waals surface area contributed by atoms with Crippen LogP contribution in [-0.2, 0) is 11.2 Å². The lowest BCUT2D eigenvalue weighted by atomic mass is 9.96. The van der Waals surface area contributed by atoms with Gasteiger partial charge in [-0.15, -0.1) is 10.2 Å². The normalized spacial score (nSPS) is 17.2. The van der Waals surface area contributed by atoms with Crippen molar-refractivity contribution < 1.29 is 4.79 Å². The second-order valence-corrected chi connectivity index (χ2v) is 9.50. The Morgan fingerprint density at radius 1 is 1.11 bits per heavy atom. The van der Waals surface area contributed by atoms with E-state index in [0.717, 1.165) is 40.3 Å². The molecule has 190 valence electrons. The number of pyridine rings is 1. The van der Waals surface area contributed by atoms with Crippen molar-refractivity contribution in [2.45, 2.75) is 45.7 Å². The molecule has 1 saturated heterocycles. The SMILES string of the molecule is CCc1ccccc1NC(=O)CCN1C(=S)N[C@H](c2ccccn2)[C@@H]1c1cc(C)n(-n2cnnc2)c1C. The number of carbonyl (C=O) groups is 1. The Hall–Kier alpha value is -4.05. The molecule has 0 unspecified atom stereocenters. The fraction of sp³-hybridized carbons (Fsp3) is 0.296. The lowest BCUT2D eigenvalue weighted by Gasteiger charge is -2.28. The molecular formula is C27H30N8OS. The van der Waals surface area contributed by atoms with Crippen molar-refractivity contribution in [1.82, 2.24) is 34.8 Å². The van der Waals surface area contributed by atoms with E-state index < -0.39 is 0 Å². The van der Waals surface area contributed by atoms with Gasteiger partial charge in [0, 0.05) is 41.8 Å². The molecule has 1 aromatic carbocycles. The second kappa shape index (κ2) is 10.5. The third-order valence-electron chi connectivity index (χ3n) is 6.84. The number of rotatable bonds is 8. The molecule has 4 heterocycles. The first kappa shape index (κ1) is 24.6. The fourth-order valence-electron chi connectivity index (χ4n) is 5.10. The highest BCUT2D eigenvalue weighted by Gasteiger charge is 2.41. The molecule has 0 saturated carbocycles. The number of hydrogen-bond donors (Lipinski definition) is 2. The van der Waals surface area contributed by atoms with Crippen molar-refractivity contribution in [2.24, 2.45) is 0 Å². The molecule has 5 rings (SSSR count). The molecule has 1 amide bonds. The van der Waals surface area contributed by atoms with E-state index in [0.29, 0.717) is 18.1 Å². The second-order valence-electron chi connectivity index (χ2n) is 9.11. The first-order valence-corrected chi connectivity index (χ1v) is 12.8. The smallest absolute Gasteiger partial charge is 0.226 e. The van der Waals surface area contributed by atoms with E-state index in [1.165, 1.54) is 0 Å². The quantitative estimate of drug-likeness (QED) is 0.344. The molecule has 1 aliphatic heterocycles. The average molecular weight is 515 g/mol. The molecule has 0 aliphatic carbocycles. The molecule has 0 spiro atoms. The van der Waals surface area contributed by atoms with E-state index in [2.05, 4.69) is 62.2 Å². The van der Waals surface area contributed by atoms with Gasteiger partial charge in [-0.3, -0.25) is 14.5 Å². The zero-order chi connectivity index (χ0) is 25.9. The highest BCUT2D eigenvalue weighted by molar-refractivity contribution is 7.80. The van der Waals surface area contributed by atoms with Crippen molar-refractivity contribution in [3.05, 3.63) is 95.6 Å². The topological polar surface area (TPSA) is 92.9 Å². The Morgan fingerprint density at radius 3 is 2.59 bits per heavy atom. The predicted molar refractivity (Wildman–Crippen MR) is 146 cm³/mol. The largest absolute Gasteiger partial charge is 0.352 e. The van der Waals surface area contributed by atoms with Crippen LogP contribution < -0.4 is 10.6 Å². The number of para-hydroxylation sites is 1. The van der Waals surface area contributed by atoms with Crippen molar-refractivity contribution in [3.8, 4) is 0 Å². The minimum absolute atomic E-state index is 0.0429. The number of aryl methyl sites for hydroxylation is 2. The number of thiocarbonyl (C=S) groups is 1. The Bertz CT molecular complexity index is 1400. The van der Waals surface area contributed by atoms with Crippen LogP contribution in [0.1, 0.15) is 53.6 Å². The monoisotopic (exact) mass is 514 g/mol. The summed E-state index contributed by atoms with van der Waals surface area (Å²) in [4.78, 5) is 19.7. The molecule has 9 nitrogen and oxygen atoms in total. The molecule has 37 heavy (non-hydrogen) atoms. The molecule has 3 aromatic heterocycles. The number of amides is 1. The summed E-state index contributed by atoms with van der Waals surface area (Å²) in [6.45, 7) is 6.68. The van der Waals surface area contributed by atoms with Gasteiger partial charge < -0.3 is 15.5 Å². The number of nitrogens with zero attached hydrogens (tertiary/aromatic N) is 6. The molecule has 0 bridgehead atoms. The predicted octanol–water partition coefficient (Wildman–Crippen LogP) is 3.97. The highest BCUT2D eigenvalue weighted by Crippen LogP contribution is 2.40. The van der Waals surface area contributed by atoms with E-state index in [-0.39, 0.29) is 18.0 Å². The maximum Gasteiger partial charge on any atom is 0.226 e. The molecule has 4 aromatic rings. The Labute approximate surface area is 221 Å². The summed E-state index contributed by atoms with van der Waals surface area (Å²) in [6.07, 6.45) is 6.29. The number of aromatic nitrogens is 5. The van der Waals surface area contributed by atoms with Crippen LogP contribution in [0.2, 0.25) is 0 Å². The minimum Gasteiger partial charge on any atom is -0.352 e. The van der Waals surface area contributed by atoms with Crippen molar-refractivity contribution >= 4 is 28.9 Å². The van der Waals surface area contributed by atoms with Crippen LogP contribution in [0.5, 0.6) is 0 Å². The van der Waals surface area contributed by atoms with Crippen LogP contribution in [0.25, 0.3) is 0 Å². The van der Waals surface area contributed by atoms with Gasteiger partial charge in [0.15, 0.2) is 5.11 Å². The van der Waals surface area contributed by atoms with Crippen LogP contribution in [0.15, 0.2) is 67.4 Å². The summed E-state index contributed by atoms with van der Waals surface area (Å²) in [5.74, 6) is -0.0429. The zero-order valence-corrected chi connectivity index (χ0v) is 21.9. The summed E-state index contributed by atoms with van der Waals surface area (Å²) in [5, 5.41) is 15.1. The molecule has 2 N–H and O–H groups in total. The van der Waals surface area contributed by atoms with E-state index in [4.69, 9.17) is 12.2 Å². The van der Waals surface area contributed by atoms with Crippen LogP contribution >= 0.6 is 12.2 Å². The van der Waals surface area contributed by atoms with Crippen LogP contribution in [0.3, 0.4) is 0 Å². The molecule has 2 atom stereocenters. The molecule has 0 radical (unpaired) electrons. The van der Waals surface area contributed by atoms with Gasteiger partial charge in [-0.05, 0) is 62.3 Å². The van der Waals surface area contributed by atoms with Gasteiger partial charge in [-0.25, -0.2) is 4.68 Å². The van der Waals surface area contributed by atoms with Gasteiger partial charge in [0.2, 0.25) is 5.91 Å². The number of carbonyl (C=O) groups excluding carboxylic acids is 1. The van der Waals surface area contributed by atoms with Crippen LogP contribution in [0, 0.1) is 13.8 Å². The van der Waals surface area contributed by atoms with Gasteiger partial charge in [0.05, 0.1) is 17.8 Å². The number of hydrogen-bond acceptors (Lipinski definition) is 5. The van der Waals surface area contributed by atoms with E-state index in [1.54, 1.807) is 18.9 Å². The summed E-state index contributed by atoms with van der Waals surface area (Å²) in [7, 11) is 0. The summed E-state index contributed by atoms with van der Waals surface area (Å²) < 4.78 is 3.92. The highest BCUT2D eigenvalue weighted by atomic mass is 32.1. The third kappa shape index (κ3) is 4.84. The summed E-state index contributed by atoms with van der Waals surface area (Å²) >= 11 is 5.80. The van der Waals surface area contributed by atoms with Gasteiger partial charge in [-0.2, -0.15) is 0 Å². The molecule has 10 heteroatoms. The molecular weight excluding hydrogens is 484 g/mol. The standard InChI is InChI=1S/C27H30N8OS/c1-4-20-9-5-6-10-22(20)31-24(36)12-14-34-26(25(32-27(34)37)23-11-7-8-13-28-23)21-15-18(2)35(19(21)3)33-16-29-30-17-33/h5-11,13,15-17,25-26H,4,12,14H2,1-3H3,(H,31,36)(H,32,37)/t25-,26+/m1/s1. The number of nitrogens with one attached hydrogen (secondary N) is 2. The van der Waals surface area contributed by atoms with Gasteiger partial charge >= 0.3 is 0 Å². The Kier molecular flexibility index (Phi) is 7.00.